The van der Waals surface area contributed by atoms with Gasteiger partial charge in [0.1, 0.15) is 5.69 Å². The Hall–Kier alpha value is -1.21. The van der Waals surface area contributed by atoms with Gasteiger partial charge < -0.3 is 0 Å². The SMILES string of the molecule is CCc1c(C(F)(F)C(F)(F)F)nn(C)c1F. The van der Waals surface area contributed by atoms with E-state index in [0.29, 0.717) is 4.68 Å². The van der Waals surface area contributed by atoms with Gasteiger partial charge in [-0.15, -0.1) is 0 Å². The Morgan fingerprint density at radius 3 is 2.06 bits per heavy atom. The zero-order chi connectivity index (χ0) is 12.7. The molecule has 0 aliphatic carbocycles. The zero-order valence-electron chi connectivity index (χ0n) is 8.37. The molecule has 0 amide bonds. The maximum absolute atomic E-state index is 13.1. The maximum atomic E-state index is 13.1. The second-order valence-electron chi connectivity index (χ2n) is 3.17. The van der Waals surface area contributed by atoms with E-state index in [-0.39, 0.29) is 6.42 Å². The number of aromatic nitrogens is 2. The van der Waals surface area contributed by atoms with Crippen LogP contribution in [0.3, 0.4) is 0 Å². The Morgan fingerprint density at radius 2 is 1.69 bits per heavy atom. The predicted molar refractivity (Wildman–Crippen MR) is 42.5 cm³/mol. The van der Waals surface area contributed by atoms with Crippen LogP contribution in [0.1, 0.15) is 18.2 Å². The quantitative estimate of drug-likeness (QED) is 0.733. The third kappa shape index (κ3) is 1.76. The molecule has 0 aromatic carbocycles. The van der Waals surface area contributed by atoms with Gasteiger partial charge in [-0.1, -0.05) is 6.92 Å². The van der Waals surface area contributed by atoms with Crippen molar-refractivity contribution in [2.75, 3.05) is 0 Å². The van der Waals surface area contributed by atoms with Crippen molar-refractivity contribution in [3.05, 3.63) is 17.2 Å². The summed E-state index contributed by atoms with van der Waals surface area (Å²) in [5.74, 6) is -6.32. The molecule has 2 nitrogen and oxygen atoms in total. The Balaban J connectivity index is 3.39. The fourth-order valence-electron chi connectivity index (χ4n) is 1.25. The van der Waals surface area contributed by atoms with E-state index in [1.807, 2.05) is 0 Å². The van der Waals surface area contributed by atoms with Crippen molar-refractivity contribution < 1.29 is 26.3 Å². The number of aryl methyl sites for hydroxylation is 1. The molecule has 0 aliphatic heterocycles. The molecule has 0 bridgehead atoms. The van der Waals surface area contributed by atoms with Crippen LogP contribution in [0.25, 0.3) is 0 Å². The summed E-state index contributed by atoms with van der Waals surface area (Å²) in [6.07, 6.45) is -6.07. The summed E-state index contributed by atoms with van der Waals surface area (Å²) < 4.78 is 75.5. The van der Waals surface area contributed by atoms with Crippen molar-refractivity contribution in [3.63, 3.8) is 0 Å². The summed E-state index contributed by atoms with van der Waals surface area (Å²) in [6.45, 7) is 1.27. The molecule has 8 heteroatoms. The number of halogens is 6. The summed E-state index contributed by atoms with van der Waals surface area (Å²) in [5, 5.41) is 2.89. The molecule has 0 aliphatic rings. The lowest BCUT2D eigenvalue weighted by molar-refractivity contribution is -0.291. The lowest BCUT2D eigenvalue weighted by Crippen LogP contribution is -2.35. The first-order chi connectivity index (χ1) is 7.13. The van der Waals surface area contributed by atoms with Crippen LogP contribution in [0.15, 0.2) is 0 Å². The van der Waals surface area contributed by atoms with Crippen LogP contribution in [0, 0.1) is 5.95 Å². The van der Waals surface area contributed by atoms with Crippen molar-refractivity contribution in [3.8, 4) is 0 Å². The molecule has 0 saturated heterocycles. The topological polar surface area (TPSA) is 17.8 Å². The molecule has 1 aromatic heterocycles. The molecule has 1 heterocycles. The number of hydrogen-bond donors (Lipinski definition) is 0. The van der Waals surface area contributed by atoms with E-state index in [2.05, 4.69) is 5.10 Å². The standard InChI is InChI=1S/C8H8F6N2/c1-3-4-5(15-16(2)6(4)9)7(10,11)8(12,13)14/h3H2,1-2H3. The molecule has 0 atom stereocenters. The number of nitrogens with zero attached hydrogens (tertiary/aromatic N) is 2. The summed E-state index contributed by atoms with van der Waals surface area (Å²) in [4.78, 5) is 0. The molecule has 0 radical (unpaired) electrons. The molecule has 0 fully saturated rings. The van der Waals surface area contributed by atoms with Crippen LogP contribution in [-0.4, -0.2) is 16.0 Å². The van der Waals surface area contributed by atoms with Crippen molar-refractivity contribution in [1.29, 1.82) is 0 Å². The highest BCUT2D eigenvalue weighted by Crippen LogP contribution is 2.44. The van der Waals surface area contributed by atoms with Gasteiger partial charge in [0.2, 0.25) is 5.95 Å². The zero-order valence-corrected chi connectivity index (χ0v) is 8.37. The van der Waals surface area contributed by atoms with Gasteiger partial charge in [-0.3, -0.25) is 0 Å². The smallest absolute Gasteiger partial charge is 0.242 e. The van der Waals surface area contributed by atoms with Gasteiger partial charge in [0.05, 0.1) is 0 Å². The van der Waals surface area contributed by atoms with E-state index >= 15 is 0 Å². The van der Waals surface area contributed by atoms with E-state index in [1.165, 1.54) is 6.92 Å². The molecule has 16 heavy (non-hydrogen) atoms. The van der Waals surface area contributed by atoms with Crippen LogP contribution in [0.5, 0.6) is 0 Å². The molecule has 1 aromatic rings. The summed E-state index contributed by atoms with van der Waals surface area (Å²) >= 11 is 0. The molecule has 0 N–H and O–H groups in total. The molecular weight excluding hydrogens is 238 g/mol. The van der Waals surface area contributed by atoms with Crippen LogP contribution in [-0.2, 0) is 19.4 Å². The Bertz CT molecular complexity index is 392. The highest BCUT2D eigenvalue weighted by atomic mass is 19.4. The van der Waals surface area contributed by atoms with E-state index < -0.39 is 29.3 Å². The first kappa shape index (κ1) is 12.9. The van der Waals surface area contributed by atoms with Gasteiger partial charge >= 0.3 is 12.1 Å². The summed E-state index contributed by atoms with van der Waals surface area (Å²) in [6, 6.07) is 0. The molecule has 1 rings (SSSR count). The normalized spacial score (nSPS) is 13.2. The highest BCUT2D eigenvalue weighted by Gasteiger charge is 2.61. The summed E-state index contributed by atoms with van der Waals surface area (Å²) in [5.41, 5.74) is -2.28. The minimum absolute atomic E-state index is 0.291. The fourth-order valence-corrected chi connectivity index (χ4v) is 1.25. The van der Waals surface area contributed by atoms with Crippen molar-refractivity contribution in [1.82, 2.24) is 9.78 Å². The van der Waals surface area contributed by atoms with Crippen molar-refractivity contribution in [2.24, 2.45) is 7.05 Å². The molecule has 0 spiro atoms. The van der Waals surface area contributed by atoms with Gasteiger partial charge in [0.25, 0.3) is 0 Å². The van der Waals surface area contributed by atoms with Gasteiger partial charge in [-0.05, 0) is 6.42 Å². The van der Waals surface area contributed by atoms with Crippen LogP contribution in [0.4, 0.5) is 26.3 Å². The minimum Gasteiger partial charge on any atom is -0.242 e. The number of rotatable bonds is 2. The van der Waals surface area contributed by atoms with Crippen molar-refractivity contribution >= 4 is 0 Å². The predicted octanol–water partition coefficient (Wildman–Crippen LogP) is 2.78. The molecular formula is C8H8F6N2. The average Bonchev–Trinajstić information content (AvgIpc) is 2.42. The van der Waals surface area contributed by atoms with Crippen molar-refractivity contribution in [2.45, 2.75) is 25.4 Å². The lowest BCUT2D eigenvalue weighted by atomic mass is 10.1. The average molecular weight is 246 g/mol. The van der Waals surface area contributed by atoms with Crippen LogP contribution < -0.4 is 0 Å². The fraction of sp³-hybridized carbons (Fsp3) is 0.625. The Labute approximate surface area is 86.9 Å². The van der Waals surface area contributed by atoms with Gasteiger partial charge in [0, 0.05) is 12.6 Å². The Kier molecular flexibility index (Phi) is 2.95. The summed E-state index contributed by atoms with van der Waals surface area (Å²) in [7, 11) is 0.963. The van der Waals surface area contributed by atoms with Gasteiger partial charge in [-0.2, -0.15) is 31.4 Å². The Morgan fingerprint density at radius 1 is 1.19 bits per heavy atom. The van der Waals surface area contributed by atoms with E-state index in [4.69, 9.17) is 0 Å². The van der Waals surface area contributed by atoms with Gasteiger partial charge in [-0.25, -0.2) is 4.68 Å². The third-order valence-corrected chi connectivity index (χ3v) is 2.08. The van der Waals surface area contributed by atoms with E-state index in [0.717, 1.165) is 7.05 Å². The lowest BCUT2D eigenvalue weighted by Gasteiger charge is -2.18. The minimum atomic E-state index is -5.78. The second-order valence-corrected chi connectivity index (χ2v) is 3.17. The third-order valence-electron chi connectivity index (χ3n) is 2.08. The van der Waals surface area contributed by atoms with Crippen LogP contribution >= 0.6 is 0 Å². The monoisotopic (exact) mass is 246 g/mol. The first-order valence-electron chi connectivity index (χ1n) is 4.29. The van der Waals surface area contributed by atoms with Gasteiger partial charge in [0.15, 0.2) is 0 Å². The molecule has 92 valence electrons. The van der Waals surface area contributed by atoms with Crippen LogP contribution in [0.2, 0.25) is 0 Å². The first-order valence-corrected chi connectivity index (χ1v) is 4.29. The largest absolute Gasteiger partial charge is 0.459 e. The highest BCUT2D eigenvalue weighted by molar-refractivity contribution is 5.24. The molecule has 0 saturated carbocycles. The number of hydrogen-bond acceptors (Lipinski definition) is 1. The number of alkyl halides is 5. The van der Waals surface area contributed by atoms with E-state index in [9.17, 15) is 26.3 Å². The van der Waals surface area contributed by atoms with E-state index in [1.54, 1.807) is 0 Å². The maximum Gasteiger partial charge on any atom is 0.459 e. The molecule has 0 unspecified atom stereocenters. The second kappa shape index (κ2) is 3.67.